The second-order valence-corrected chi connectivity index (χ2v) is 6.49. The van der Waals surface area contributed by atoms with Crippen molar-refractivity contribution in [2.45, 2.75) is 43.6 Å². The third kappa shape index (κ3) is 2.00. The van der Waals surface area contributed by atoms with E-state index >= 15 is 0 Å². The van der Waals surface area contributed by atoms with Gasteiger partial charge in [-0.1, -0.05) is 37.5 Å². The molecular formula is C17H19F2N2. The van der Waals surface area contributed by atoms with E-state index in [2.05, 4.69) is 11.4 Å². The maximum Gasteiger partial charge on any atom is 0.273 e. The van der Waals surface area contributed by atoms with Crippen LogP contribution in [0.4, 0.5) is 14.5 Å². The molecule has 2 fully saturated rings. The first-order chi connectivity index (χ1) is 10.1. The first kappa shape index (κ1) is 13.3. The number of hydrogen-bond donors (Lipinski definition) is 0. The van der Waals surface area contributed by atoms with E-state index in [1.54, 1.807) is 0 Å². The molecule has 0 amide bonds. The number of alkyl halides is 2. The molecule has 0 N–H and O–H groups in total. The second-order valence-electron chi connectivity index (χ2n) is 6.49. The average Bonchev–Trinajstić information content (AvgIpc) is 2.90. The Bertz CT molecular complexity index is 580. The Balaban J connectivity index is 1.71. The Hall–Kier alpha value is -1.42. The summed E-state index contributed by atoms with van der Waals surface area (Å²) >= 11 is 0. The number of hydrogen-bond acceptors (Lipinski definition) is 1. The van der Waals surface area contributed by atoms with E-state index in [4.69, 9.17) is 0 Å². The van der Waals surface area contributed by atoms with E-state index in [9.17, 15) is 8.78 Å². The fraction of sp³-hybridized carbons (Fsp3) is 0.529. The molecule has 1 aliphatic carbocycles. The lowest BCUT2D eigenvalue weighted by Gasteiger charge is -2.54. The summed E-state index contributed by atoms with van der Waals surface area (Å²) in [6.45, 7) is -0.209. The normalized spacial score (nSPS) is 26.5. The van der Waals surface area contributed by atoms with Crippen LogP contribution in [-0.4, -0.2) is 29.5 Å². The predicted octanol–water partition coefficient (Wildman–Crippen LogP) is 3.93. The van der Waals surface area contributed by atoms with E-state index in [-0.39, 0.29) is 18.6 Å². The van der Waals surface area contributed by atoms with Gasteiger partial charge in [0.1, 0.15) is 0 Å². The number of para-hydroxylation sites is 1. The zero-order chi connectivity index (χ0) is 14.5. The van der Waals surface area contributed by atoms with Crippen molar-refractivity contribution in [3.8, 4) is 0 Å². The molecule has 4 rings (SSSR count). The van der Waals surface area contributed by atoms with Crippen LogP contribution in [0.2, 0.25) is 0 Å². The van der Waals surface area contributed by atoms with Gasteiger partial charge in [0.15, 0.2) is 0 Å². The van der Waals surface area contributed by atoms with Gasteiger partial charge in [-0.2, -0.15) is 0 Å². The molecule has 3 aliphatic rings. The van der Waals surface area contributed by atoms with Crippen LogP contribution in [0.15, 0.2) is 30.5 Å². The highest BCUT2D eigenvalue weighted by atomic mass is 19.3. The molecule has 0 aromatic heterocycles. The molecule has 1 saturated heterocycles. The molecule has 111 valence electrons. The molecule has 2 aliphatic heterocycles. The van der Waals surface area contributed by atoms with Gasteiger partial charge in [-0.15, -0.1) is 0 Å². The van der Waals surface area contributed by atoms with E-state index in [0.717, 1.165) is 42.5 Å². The van der Waals surface area contributed by atoms with Crippen molar-refractivity contribution < 1.29 is 8.78 Å². The Labute approximate surface area is 123 Å². The van der Waals surface area contributed by atoms with Crippen LogP contribution in [0.1, 0.15) is 37.7 Å². The largest absolute Gasteiger partial charge is 0.281 e. The number of halogens is 2. The number of likely N-dealkylation sites (tertiary alicyclic amines) is 1. The first-order valence-electron chi connectivity index (χ1n) is 7.75. The lowest BCUT2D eigenvalue weighted by atomic mass is 9.71. The summed E-state index contributed by atoms with van der Waals surface area (Å²) in [7, 11) is 0. The van der Waals surface area contributed by atoms with Gasteiger partial charge in [-0.05, 0) is 18.9 Å². The van der Waals surface area contributed by atoms with Crippen LogP contribution in [-0.2, 0) is 0 Å². The number of fused-ring (bicyclic) bond motifs is 1. The van der Waals surface area contributed by atoms with Gasteiger partial charge in [0, 0.05) is 22.9 Å². The van der Waals surface area contributed by atoms with Crippen molar-refractivity contribution in [2.75, 3.05) is 13.1 Å². The Morgan fingerprint density at radius 1 is 1.00 bits per heavy atom. The summed E-state index contributed by atoms with van der Waals surface area (Å²) in [4.78, 5) is 2.00. The van der Waals surface area contributed by atoms with Crippen LogP contribution in [0.3, 0.4) is 0 Å². The Morgan fingerprint density at radius 3 is 2.43 bits per heavy atom. The van der Waals surface area contributed by atoms with Gasteiger partial charge < -0.3 is 0 Å². The fourth-order valence-electron chi connectivity index (χ4n) is 4.10. The summed E-state index contributed by atoms with van der Waals surface area (Å²) in [6, 6.07) is 8.06. The molecule has 1 aromatic carbocycles. The minimum absolute atomic E-state index is 0.105. The molecule has 1 saturated carbocycles. The minimum Gasteiger partial charge on any atom is -0.281 e. The van der Waals surface area contributed by atoms with Crippen molar-refractivity contribution in [1.82, 2.24) is 10.2 Å². The molecule has 1 aromatic rings. The zero-order valence-electron chi connectivity index (χ0n) is 12.0. The van der Waals surface area contributed by atoms with Crippen molar-refractivity contribution in [2.24, 2.45) is 0 Å². The number of rotatable bonds is 2. The molecule has 2 nitrogen and oxygen atoms in total. The van der Waals surface area contributed by atoms with E-state index in [1.165, 1.54) is 6.42 Å². The first-order valence-corrected chi connectivity index (χ1v) is 7.75. The van der Waals surface area contributed by atoms with E-state index < -0.39 is 5.92 Å². The molecule has 1 radical (unpaired) electrons. The highest BCUT2D eigenvalue weighted by Crippen LogP contribution is 2.50. The van der Waals surface area contributed by atoms with Gasteiger partial charge in [0.2, 0.25) is 0 Å². The van der Waals surface area contributed by atoms with Crippen LogP contribution in [0.5, 0.6) is 0 Å². The maximum absolute atomic E-state index is 13.4. The molecule has 21 heavy (non-hydrogen) atoms. The summed E-state index contributed by atoms with van der Waals surface area (Å²) in [5.74, 6) is -2.51. The highest BCUT2D eigenvalue weighted by Gasteiger charge is 2.55. The standard InChI is InChI=1S/C17H19F2N2/c18-17(19)11-21(12-17)16(8-4-1-5-9-16)14-10-20-15-7-3-2-6-13(14)15/h2-3,6-7,10H,1,4-5,8-9,11-12H2. The van der Waals surface area contributed by atoms with Gasteiger partial charge in [-0.25, -0.2) is 8.78 Å². The van der Waals surface area contributed by atoms with Crippen LogP contribution in [0.25, 0.3) is 5.57 Å². The monoisotopic (exact) mass is 289 g/mol. The molecule has 4 heteroatoms. The van der Waals surface area contributed by atoms with Crippen LogP contribution in [0, 0.1) is 0 Å². The lowest BCUT2D eigenvalue weighted by molar-refractivity contribution is -0.163. The summed E-state index contributed by atoms with van der Waals surface area (Å²) in [6.07, 6.45) is 7.30. The van der Waals surface area contributed by atoms with E-state index in [0.29, 0.717) is 0 Å². The average molecular weight is 289 g/mol. The fourth-order valence-corrected chi connectivity index (χ4v) is 4.10. The topological polar surface area (TPSA) is 17.3 Å². The van der Waals surface area contributed by atoms with Crippen molar-refractivity contribution >= 4 is 11.3 Å². The van der Waals surface area contributed by atoms with Gasteiger partial charge in [-0.3, -0.25) is 10.2 Å². The highest BCUT2D eigenvalue weighted by molar-refractivity contribution is 5.84. The van der Waals surface area contributed by atoms with Crippen LogP contribution < -0.4 is 5.32 Å². The molecular weight excluding hydrogens is 270 g/mol. The minimum atomic E-state index is -2.51. The molecule has 2 heterocycles. The van der Waals surface area contributed by atoms with Crippen molar-refractivity contribution in [3.05, 3.63) is 36.0 Å². The Morgan fingerprint density at radius 2 is 1.71 bits per heavy atom. The summed E-state index contributed by atoms with van der Waals surface area (Å²) in [5, 5.41) is 4.50. The number of benzene rings is 1. The van der Waals surface area contributed by atoms with E-state index in [1.807, 2.05) is 29.3 Å². The molecule has 0 spiro atoms. The van der Waals surface area contributed by atoms with Gasteiger partial charge in [0.25, 0.3) is 5.92 Å². The van der Waals surface area contributed by atoms with Gasteiger partial charge >= 0.3 is 0 Å². The quantitative estimate of drug-likeness (QED) is 0.806. The molecule has 0 unspecified atom stereocenters. The van der Waals surface area contributed by atoms with Crippen molar-refractivity contribution in [3.63, 3.8) is 0 Å². The van der Waals surface area contributed by atoms with Crippen molar-refractivity contribution in [1.29, 1.82) is 0 Å². The third-order valence-corrected chi connectivity index (χ3v) is 5.16. The smallest absolute Gasteiger partial charge is 0.273 e. The third-order valence-electron chi connectivity index (χ3n) is 5.16. The zero-order valence-corrected chi connectivity index (χ0v) is 12.0. The summed E-state index contributed by atoms with van der Waals surface area (Å²) < 4.78 is 26.8. The lowest BCUT2D eigenvalue weighted by Crippen LogP contribution is -2.66. The SMILES string of the molecule is FC1(F)CN(C2(C3=C[N]c4ccccc43)CCCCC2)C1. The predicted molar refractivity (Wildman–Crippen MR) is 78.5 cm³/mol. The molecule has 0 atom stereocenters. The second kappa shape index (κ2) is 4.54. The Kier molecular flexibility index (Phi) is 2.86. The van der Waals surface area contributed by atoms with Gasteiger partial charge in [0.05, 0.1) is 18.8 Å². The molecule has 0 bridgehead atoms. The van der Waals surface area contributed by atoms with Crippen LogP contribution >= 0.6 is 0 Å². The maximum atomic E-state index is 13.4. The summed E-state index contributed by atoms with van der Waals surface area (Å²) in [5.41, 5.74) is 3.04. The number of nitrogens with zero attached hydrogens (tertiary/aromatic N) is 2.